The summed E-state index contributed by atoms with van der Waals surface area (Å²) in [6.45, 7) is 0. The fraction of sp³-hybridized carbons (Fsp3) is 0.333. The Labute approximate surface area is 164 Å². The van der Waals surface area contributed by atoms with Crippen molar-refractivity contribution in [1.29, 1.82) is 0 Å². The Kier molecular flexibility index (Phi) is 3.98. The van der Waals surface area contributed by atoms with E-state index in [0.717, 1.165) is 34.0 Å². The van der Waals surface area contributed by atoms with Crippen molar-refractivity contribution < 1.29 is 9.90 Å². The molecule has 0 amide bonds. The number of fused-ring (bicyclic) bond motifs is 4. The first kappa shape index (κ1) is 16.8. The number of aromatic nitrogens is 4. The number of nitrogens with zero attached hydrogens (tertiary/aromatic N) is 4. The number of pyridine rings is 1. The number of hydrogen-bond acceptors (Lipinski definition) is 6. The minimum Gasteiger partial charge on any atom is -0.481 e. The number of carboxylic acids is 1. The maximum atomic E-state index is 11.4. The molecule has 27 heavy (non-hydrogen) atoms. The number of thioether (sulfide) groups is 1. The highest BCUT2D eigenvalue weighted by Gasteiger charge is 2.42. The van der Waals surface area contributed by atoms with Crippen LogP contribution in [0.5, 0.6) is 0 Å². The number of aliphatic carboxylic acids is 1. The van der Waals surface area contributed by atoms with E-state index < -0.39 is 5.97 Å². The molecule has 0 saturated heterocycles. The molecular weight excluding hydrogens is 386 g/mol. The van der Waals surface area contributed by atoms with Crippen molar-refractivity contribution >= 4 is 46.4 Å². The molecule has 3 aromatic rings. The van der Waals surface area contributed by atoms with Crippen LogP contribution < -0.4 is 5.32 Å². The molecular formula is C18H16ClN5O2S. The van der Waals surface area contributed by atoms with Gasteiger partial charge < -0.3 is 10.4 Å². The highest BCUT2D eigenvalue weighted by molar-refractivity contribution is 8.00. The first-order valence-electron chi connectivity index (χ1n) is 8.74. The second kappa shape index (κ2) is 6.38. The van der Waals surface area contributed by atoms with Crippen molar-refractivity contribution in [2.45, 2.75) is 35.5 Å². The lowest BCUT2D eigenvalue weighted by Gasteiger charge is -2.29. The summed E-state index contributed by atoms with van der Waals surface area (Å²) < 4.78 is 1.72. The number of carboxylic acid groups (broad SMARTS) is 1. The number of anilines is 2. The molecule has 7 nitrogen and oxygen atoms in total. The SMILES string of the molecule is O=C(O)[C@H]1CCC2c3c(Nc4cc5ccnn5cc4Cl)ncnc3SC2C1. The van der Waals surface area contributed by atoms with Crippen LogP contribution in [0, 0.1) is 5.92 Å². The van der Waals surface area contributed by atoms with E-state index in [1.165, 1.54) is 0 Å². The summed E-state index contributed by atoms with van der Waals surface area (Å²) in [6.07, 6.45) is 7.22. The molecule has 0 aromatic carbocycles. The van der Waals surface area contributed by atoms with Crippen LogP contribution in [-0.4, -0.2) is 35.9 Å². The average Bonchev–Trinajstić information content (AvgIpc) is 3.25. The molecule has 2 unspecified atom stereocenters. The van der Waals surface area contributed by atoms with Crippen LogP contribution >= 0.6 is 23.4 Å². The van der Waals surface area contributed by atoms with Crippen LogP contribution in [0.25, 0.3) is 5.52 Å². The summed E-state index contributed by atoms with van der Waals surface area (Å²) in [5, 5.41) is 18.6. The zero-order valence-electron chi connectivity index (χ0n) is 14.2. The Morgan fingerprint density at radius 3 is 3.11 bits per heavy atom. The Hall–Kier alpha value is -2.32. The molecule has 3 aromatic heterocycles. The van der Waals surface area contributed by atoms with Crippen LogP contribution in [0.2, 0.25) is 5.02 Å². The zero-order valence-corrected chi connectivity index (χ0v) is 15.7. The molecule has 0 radical (unpaired) electrons. The van der Waals surface area contributed by atoms with Crippen LogP contribution in [0.3, 0.4) is 0 Å². The molecule has 1 aliphatic carbocycles. The van der Waals surface area contributed by atoms with Crippen molar-refractivity contribution in [3.63, 3.8) is 0 Å². The molecule has 3 atom stereocenters. The summed E-state index contributed by atoms with van der Waals surface area (Å²) in [7, 11) is 0. The Morgan fingerprint density at radius 2 is 2.26 bits per heavy atom. The van der Waals surface area contributed by atoms with E-state index in [4.69, 9.17) is 11.6 Å². The molecule has 4 heterocycles. The van der Waals surface area contributed by atoms with Crippen molar-refractivity contribution in [3.05, 3.63) is 41.4 Å². The second-order valence-electron chi connectivity index (χ2n) is 6.91. The summed E-state index contributed by atoms with van der Waals surface area (Å²) in [5.74, 6) is 0.0489. The first-order chi connectivity index (χ1) is 13.1. The predicted molar refractivity (Wildman–Crippen MR) is 103 cm³/mol. The molecule has 2 N–H and O–H groups in total. The molecule has 2 aliphatic rings. The van der Waals surface area contributed by atoms with Gasteiger partial charge in [0.2, 0.25) is 0 Å². The summed E-state index contributed by atoms with van der Waals surface area (Å²) >= 11 is 8.09. The topological polar surface area (TPSA) is 92.4 Å². The fourth-order valence-electron chi connectivity index (χ4n) is 4.03. The van der Waals surface area contributed by atoms with Gasteiger partial charge in [0.25, 0.3) is 0 Å². The standard InChI is InChI=1S/C18H16ClN5O2S/c19-12-7-24-10(3-4-22-24)6-13(12)23-16-15-11-2-1-9(18(25)26)5-14(11)27-17(15)21-8-20-16/h3-4,6-9,11,14H,1-2,5H2,(H,25,26)(H,20,21,23)/t9-,11?,14?/m0/s1. The van der Waals surface area contributed by atoms with Crippen molar-refractivity contribution in [1.82, 2.24) is 19.6 Å². The molecule has 138 valence electrons. The van der Waals surface area contributed by atoms with E-state index in [2.05, 4.69) is 20.4 Å². The molecule has 1 saturated carbocycles. The van der Waals surface area contributed by atoms with Gasteiger partial charge in [-0.2, -0.15) is 5.10 Å². The van der Waals surface area contributed by atoms with E-state index in [1.807, 2.05) is 12.1 Å². The monoisotopic (exact) mass is 401 g/mol. The van der Waals surface area contributed by atoms with Gasteiger partial charge in [-0.25, -0.2) is 14.5 Å². The summed E-state index contributed by atoms with van der Waals surface area (Å²) in [5.41, 5.74) is 2.78. The van der Waals surface area contributed by atoms with Crippen LogP contribution in [0.4, 0.5) is 11.5 Å². The third-order valence-electron chi connectivity index (χ3n) is 5.36. The molecule has 9 heteroatoms. The molecule has 1 fully saturated rings. The number of hydrogen-bond donors (Lipinski definition) is 2. The number of rotatable bonds is 3. The molecule has 1 aliphatic heterocycles. The van der Waals surface area contributed by atoms with E-state index in [1.54, 1.807) is 35.0 Å². The van der Waals surface area contributed by atoms with Gasteiger partial charge in [-0.05, 0) is 31.4 Å². The number of nitrogens with one attached hydrogen (secondary N) is 1. The molecule has 0 spiro atoms. The maximum absolute atomic E-state index is 11.4. The second-order valence-corrected chi connectivity index (χ2v) is 8.55. The van der Waals surface area contributed by atoms with Crippen molar-refractivity contribution in [2.75, 3.05) is 5.32 Å². The first-order valence-corrected chi connectivity index (χ1v) is 10.00. The van der Waals surface area contributed by atoms with Crippen molar-refractivity contribution in [2.24, 2.45) is 5.92 Å². The lowest BCUT2D eigenvalue weighted by atomic mass is 9.79. The molecule has 0 bridgehead atoms. The molecule has 5 rings (SSSR count). The van der Waals surface area contributed by atoms with Crippen LogP contribution in [0.1, 0.15) is 30.7 Å². The van der Waals surface area contributed by atoms with Gasteiger partial charge in [-0.3, -0.25) is 4.79 Å². The third kappa shape index (κ3) is 2.83. The predicted octanol–water partition coefficient (Wildman–Crippen LogP) is 3.96. The Balaban J connectivity index is 1.49. The van der Waals surface area contributed by atoms with Crippen LogP contribution in [0.15, 0.2) is 35.9 Å². The Morgan fingerprint density at radius 1 is 1.37 bits per heavy atom. The minimum atomic E-state index is -0.699. The quantitative estimate of drug-likeness (QED) is 0.641. The maximum Gasteiger partial charge on any atom is 0.306 e. The lowest BCUT2D eigenvalue weighted by molar-refractivity contribution is -0.142. The van der Waals surface area contributed by atoms with Gasteiger partial charge in [0.1, 0.15) is 17.2 Å². The smallest absolute Gasteiger partial charge is 0.306 e. The fourth-order valence-corrected chi connectivity index (χ4v) is 5.76. The highest BCUT2D eigenvalue weighted by Crippen LogP contribution is 2.54. The van der Waals surface area contributed by atoms with E-state index >= 15 is 0 Å². The van der Waals surface area contributed by atoms with Gasteiger partial charge >= 0.3 is 5.97 Å². The summed E-state index contributed by atoms with van der Waals surface area (Å²) in [4.78, 5) is 20.3. The minimum absolute atomic E-state index is 0.236. The van der Waals surface area contributed by atoms with E-state index in [0.29, 0.717) is 17.9 Å². The largest absolute Gasteiger partial charge is 0.481 e. The van der Waals surface area contributed by atoms with E-state index in [-0.39, 0.29) is 17.1 Å². The average molecular weight is 402 g/mol. The van der Waals surface area contributed by atoms with Gasteiger partial charge in [-0.1, -0.05) is 11.6 Å². The Bertz CT molecular complexity index is 1060. The lowest BCUT2D eigenvalue weighted by Crippen LogP contribution is -2.27. The normalized spacial score (nSPS) is 23.8. The van der Waals surface area contributed by atoms with Gasteiger partial charge in [0.15, 0.2) is 0 Å². The summed E-state index contributed by atoms with van der Waals surface area (Å²) in [6, 6.07) is 3.84. The van der Waals surface area contributed by atoms with E-state index in [9.17, 15) is 9.90 Å². The van der Waals surface area contributed by atoms with Crippen LogP contribution in [-0.2, 0) is 4.79 Å². The number of halogens is 1. The van der Waals surface area contributed by atoms with Crippen molar-refractivity contribution in [3.8, 4) is 0 Å². The number of carbonyl (C=O) groups is 1. The van der Waals surface area contributed by atoms with Gasteiger partial charge in [-0.15, -0.1) is 11.8 Å². The van der Waals surface area contributed by atoms with Gasteiger partial charge in [0.05, 0.1) is 22.1 Å². The zero-order chi connectivity index (χ0) is 18.5. The third-order valence-corrected chi connectivity index (χ3v) is 7.03. The van der Waals surface area contributed by atoms with Gasteiger partial charge in [0, 0.05) is 29.1 Å². The highest BCUT2D eigenvalue weighted by atomic mass is 35.5.